The molecule has 0 spiro atoms. The van der Waals surface area contributed by atoms with Gasteiger partial charge in [0.15, 0.2) is 4.96 Å². The number of imidazole rings is 1. The smallest absolute Gasteiger partial charge is 0.195 e. The Morgan fingerprint density at radius 1 is 1.00 bits per heavy atom. The number of thiazole rings is 1. The third-order valence-electron chi connectivity index (χ3n) is 3.39. The molecule has 3 heteroatoms. The molecule has 0 saturated heterocycles. The molecule has 0 radical (unpaired) electrons. The van der Waals surface area contributed by atoms with Crippen molar-refractivity contribution in [2.75, 3.05) is 0 Å². The van der Waals surface area contributed by atoms with Crippen LogP contribution in [0.25, 0.3) is 27.3 Å². The molecule has 0 unspecified atom stereocenters. The molecule has 0 aliphatic rings. The van der Waals surface area contributed by atoms with Crippen LogP contribution in [0.2, 0.25) is 0 Å². The van der Waals surface area contributed by atoms with Crippen molar-refractivity contribution >= 4 is 27.3 Å². The van der Waals surface area contributed by atoms with E-state index in [-0.39, 0.29) is 0 Å². The fraction of sp³-hybridized carbons (Fsp3) is 0.0625. The van der Waals surface area contributed by atoms with Gasteiger partial charge >= 0.3 is 0 Å². The number of aryl methyl sites for hydroxylation is 1. The molecule has 2 aromatic carbocycles. The summed E-state index contributed by atoms with van der Waals surface area (Å²) in [4.78, 5) is 5.71. The van der Waals surface area contributed by atoms with Crippen molar-refractivity contribution in [3.63, 3.8) is 0 Å². The molecule has 4 aromatic rings. The van der Waals surface area contributed by atoms with Gasteiger partial charge in [-0.05, 0) is 24.6 Å². The van der Waals surface area contributed by atoms with E-state index in [0.717, 1.165) is 10.5 Å². The molecule has 0 aliphatic heterocycles. The van der Waals surface area contributed by atoms with Gasteiger partial charge in [-0.3, -0.25) is 4.40 Å². The summed E-state index contributed by atoms with van der Waals surface area (Å²) in [5, 5.41) is 2.18. The van der Waals surface area contributed by atoms with E-state index in [0.29, 0.717) is 0 Å². The summed E-state index contributed by atoms with van der Waals surface area (Å²) < 4.78 is 2.24. The number of fused-ring (bicyclic) bond motifs is 3. The fourth-order valence-electron chi connectivity index (χ4n) is 2.40. The van der Waals surface area contributed by atoms with Gasteiger partial charge in [0.05, 0.1) is 16.7 Å². The van der Waals surface area contributed by atoms with Crippen molar-refractivity contribution in [2.24, 2.45) is 0 Å². The summed E-state index contributed by atoms with van der Waals surface area (Å²) in [7, 11) is 0. The molecular formula is C16H12N2S. The third kappa shape index (κ3) is 1.59. The average molecular weight is 264 g/mol. The fourth-order valence-corrected chi connectivity index (χ4v) is 3.31. The van der Waals surface area contributed by atoms with Crippen molar-refractivity contribution < 1.29 is 0 Å². The van der Waals surface area contributed by atoms with E-state index in [1.54, 1.807) is 11.3 Å². The summed E-state index contributed by atoms with van der Waals surface area (Å²) >= 11 is 1.69. The number of rotatable bonds is 1. The minimum atomic E-state index is 1.05. The zero-order chi connectivity index (χ0) is 12.8. The second kappa shape index (κ2) is 3.93. The maximum Gasteiger partial charge on any atom is 0.195 e. The van der Waals surface area contributed by atoms with Crippen molar-refractivity contribution in [2.45, 2.75) is 6.92 Å². The predicted octanol–water partition coefficient (Wildman–Crippen LogP) is 4.52. The molecule has 0 aliphatic carbocycles. The summed E-state index contributed by atoms with van der Waals surface area (Å²) in [6, 6.07) is 16.9. The Kier molecular flexibility index (Phi) is 2.23. The monoisotopic (exact) mass is 264 g/mol. The van der Waals surface area contributed by atoms with E-state index in [1.807, 2.05) is 6.07 Å². The molecular weight excluding hydrogens is 252 g/mol. The van der Waals surface area contributed by atoms with Gasteiger partial charge in [-0.2, -0.15) is 0 Å². The van der Waals surface area contributed by atoms with Gasteiger partial charge in [0, 0.05) is 5.38 Å². The normalized spacial score (nSPS) is 11.4. The lowest BCUT2D eigenvalue weighted by Gasteiger charge is -2.01. The molecule has 0 fully saturated rings. The van der Waals surface area contributed by atoms with Crippen LogP contribution in [0.4, 0.5) is 0 Å². The largest absolute Gasteiger partial charge is 0.283 e. The van der Waals surface area contributed by atoms with E-state index in [4.69, 9.17) is 0 Å². The standard InChI is InChI=1S/C16H12N2S/c1-11-6-8-12(9-7-11)15-10-19-16-17-13-4-2-3-5-14(13)18(15)16/h2-10H,1H3. The lowest BCUT2D eigenvalue weighted by molar-refractivity contribution is 1.28. The van der Waals surface area contributed by atoms with Gasteiger partial charge in [-0.15, -0.1) is 11.3 Å². The quantitative estimate of drug-likeness (QED) is 0.494. The van der Waals surface area contributed by atoms with Gasteiger partial charge in [-0.1, -0.05) is 42.0 Å². The Morgan fingerprint density at radius 3 is 2.63 bits per heavy atom. The van der Waals surface area contributed by atoms with Crippen LogP contribution in [0.3, 0.4) is 0 Å². The first kappa shape index (κ1) is 10.8. The Morgan fingerprint density at radius 2 is 1.79 bits per heavy atom. The number of hydrogen-bond acceptors (Lipinski definition) is 2. The second-order valence-electron chi connectivity index (χ2n) is 4.71. The van der Waals surface area contributed by atoms with Gasteiger partial charge in [0.25, 0.3) is 0 Å². The average Bonchev–Trinajstić information content (AvgIpc) is 2.98. The lowest BCUT2D eigenvalue weighted by Crippen LogP contribution is -1.85. The highest BCUT2D eigenvalue weighted by Crippen LogP contribution is 2.30. The highest BCUT2D eigenvalue weighted by atomic mass is 32.1. The van der Waals surface area contributed by atoms with Gasteiger partial charge < -0.3 is 0 Å². The van der Waals surface area contributed by atoms with E-state index in [9.17, 15) is 0 Å². The first-order valence-electron chi connectivity index (χ1n) is 6.25. The summed E-state index contributed by atoms with van der Waals surface area (Å²) in [5.41, 5.74) is 5.97. The number of hydrogen-bond donors (Lipinski definition) is 0. The SMILES string of the molecule is Cc1ccc(-c2csc3nc4ccccc4n23)cc1. The number of nitrogens with zero attached hydrogens (tertiary/aromatic N) is 2. The second-order valence-corrected chi connectivity index (χ2v) is 5.54. The molecule has 0 bridgehead atoms. The predicted molar refractivity (Wildman–Crippen MR) is 80.7 cm³/mol. The molecule has 2 aromatic heterocycles. The van der Waals surface area contributed by atoms with E-state index >= 15 is 0 Å². The maximum absolute atomic E-state index is 4.66. The van der Waals surface area contributed by atoms with Gasteiger partial charge in [0.1, 0.15) is 0 Å². The van der Waals surface area contributed by atoms with Gasteiger partial charge in [0.2, 0.25) is 0 Å². The van der Waals surface area contributed by atoms with Crippen molar-refractivity contribution in [3.8, 4) is 11.3 Å². The topological polar surface area (TPSA) is 17.3 Å². The number of aromatic nitrogens is 2. The highest BCUT2D eigenvalue weighted by Gasteiger charge is 2.11. The van der Waals surface area contributed by atoms with Crippen LogP contribution in [-0.4, -0.2) is 9.38 Å². The summed E-state index contributed by atoms with van der Waals surface area (Å²) in [6.45, 7) is 2.11. The molecule has 19 heavy (non-hydrogen) atoms. The number of para-hydroxylation sites is 2. The molecule has 0 saturated carbocycles. The van der Waals surface area contributed by atoms with Crippen LogP contribution in [0.1, 0.15) is 5.56 Å². The van der Waals surface area contributed by atoms with Crippen molar-refractivity contribution in [1.29, 1.82) is 0 Å². The van der Waals surface area contributed by atoms with Crippen molar-refractivity contribution in [1.82, 2.24) is 9.38 Å². The summed E-state index contributed by atoms with van der Waals surface area (Å²) in [5.74, 6) is 0. The highest BCUT2D eigenvalue weighted by molar-refractivity contribution is 7.15. The molecule has 4 rings (SSSR count). The third-order valence-corrected chi connectivity index (χ3v) is 4.22. The van der Waals surface area contributed by atoms with E-state index in [1.165, 1.54) is 22.3 Å². The van der Waals surface area contributed by atoms with Crippen LogP contribution in [0, 0.1) is 6.92 Å². The van der Waals surface area contributed by atoms with Crippen LogP contribution in [0.5, 0.6) is 0 Å². The minimum Gasteiger partial charge on any atom is -0.283 e. The molecule has 92 valence electrons. The molecule has 0 amide bonds. The van der Waals surface area contributed by atoms with E-state index in [2.05, 4.69) is 64.2 Å². The Hall–Kier alpha value is -2.13. The van der Waals surface area contributed by atoms with Gasteiger partial charge in [-0.25, -0.2) is 4.98 Å². The zero-order valence-corrected chi connectivity index (χ0v) is 11.3. The molecule has 2 nitrogen and oxygen atoms in total. The van der Waals surface area contributed by atoms with Crippen molar-refractivity contribution in [3.05, 3.63) is 59.5 Å². The Balaban J connectivity index is 2.06. The number of benzene rings is 2. The molecule has 0 atom stereocenters. The lowest BCUT2D eigenvalue weighted by atomic mass is 10.1. The minimum absolute atomic E-state index is 1.05. The van der Waals surface area contributed by atoms with Crippen LogP contribution in [0.15, 0.2) is 53.9 Å². The van der Waals surface area contributed by atoms with Crippen LogP contribution < -0.4 is 0 Å². The Labute approximate surface area is 115 Å². The maximum atomic E-state index is 4.66. The first-order chi connectivity index (χ1) is 9.33. The van der Waals surface area contributed by atoms with Crippen LogP contribution >= 0.6 is 11.3 Å². The zero-order valence-electron chi connectivity index (χ0n) is 10.5. The summed E-state index contributed by atoms with van der Waals surface area (Å²) in [6.07, 6.45) is 0. The molecule has 0 N–H and O–H groups in total. The van der Waals surface area contributed by atoms with Crippen LogP contribution in [-0.2, 0) is 0 Å². The van der Waals surface area contributed by atoms with E-state index < -0.39 is 0 Å². The molecule has 2 heterocycles. The Bertz CT molecular complexity index is 869. The first-order valence-corrected chi connectivity index (χ1v) is 7.12.